The number of alkyl halides is 2. The van der Waals surface area contributed by atoms with Crippen molar-refractivity contribution in [2.75, 3.05) is 7.11 Å². The molecule has 1 N–H and O–H groups in total. The van der Waals surface area contributed by atoms with E-state index in [1.165, 1.54) is 29.5 Å². The van der Waals surface area contributed by atoms with E-state index in [9.17, 15) is 8.78 Å². The number of methoxy groups -OCH3 is 1. The van der Waals surface area contributed by atoms with E-state index in [0.717, 1.165) is 5.56 Å². The average Bonchev–Trinajstić information content (AvgIpc) is 2.66. The van der Waals surface area contributed by atoms with Gasteiger partial charge in [-0.3, -0.25) is 0 Å². The smallest absolute Gasteiger partial charge is 0.387 e. The van der Waals surface area contributed by atoms with Gasteiger partial charge in [-0.1, -0.05) is 48.5 Å². The first kappa shape index (κ1) is 20.9. The summed E-state index contributed by atoms with van der Waals surface area (Å²) in [5.74, 6) is 0.329. The van der Waals surface area contributed by atoms with E-state index in [0.29, 0.717) is 12.3 Å². The van der Waals surface area contributed by atoms with Crippen LogP contribution in [0, 0.1) is 0 Å². The summed E-state index contributed by atoms with van der Waals surface area (Å²) in [4.78, 5) is 0. The summed E-state index contributed by atoms with van der Waals surface area (Å²) in [7, 11) is 1.43. The number of fused-ring (bicyclic) bond motifs is 1. The molecule has 3 aromatic rings. The van der Waals surface area contributed by atoms with Crippen molar-refractivity contribution in [1.82, 2.24) is 5.32 Å². The molecule has 0 saturated heterocycles. The van der Waals surface area contributed by atoms with Gasteiger partial charge in [-0.05, 0) is 41.0 Å². The van der Waals surface area contributed by atoms with Crippen LogP contribution in [0.3, 0.4) is 0 Å². The van der Waals surface area contributed by atoms with Crippen LogP contribution in [0.25, 0.3) is 10.8 Å². The molecule has 1 unspecified atom stereocenters. The summed E-state index contributed by atoms with van der Waals surface area (Å²) in [5.41, 5.74) is 2.14. The second-order valence-corrected chi connectivity index (χ2v) is 6.03. The van der Waals surface area contributed by atoms with Crippen LogP contribution in [0.15, 0.2) is 60.7 Å². The van der Waals surface area contributed by atoms with Crippen molar-refractivity contribution >= 4 is 23.2 Å². The highest BCUT2D eigenvalue weighted by Crippen LogP contribution is 2.30. The molecule has 0 aliphatic heterocycles. The highest BCUT2D eigenvalue weighted by atomic mass is 35.5. The van der Waals surface area contributed by atoms with Crippen LogP contribution in [0.2, 0.25) is 0 Å². The largest absolute Gasteiger partial charge is 0.493 e. The third kappa shape index (κ3) is 5.08. The minimum Gasteiger partial charge on any atom is -0.493 e. The van der Waals surface area contributed by atoms with Crippen molar-refractivity contribution in [3.05, 3.63) is 71.8 Å². The molecule has 0 fully saturated rings. The molecule has 0 radical (unpaired) electrons. The predicted molar refractivity (Wildman–Crippen MR) is 106 cm³/mol. The molecule has 0 aliphatic carbocycles. The van der Waals surface area contributed by atoms with Crippen LogP contribution >= 0.6 is 12.4 Å². The van der Waals surface area contributed by atoms with Gasteiger partial charge in [-0.25, -0.2) is 0 Å². The third-order valence-electron chi connectivity index (χ3n) is 4.35. The van der Waals surface area contributed by atoms with Crippen LogP contribution in [0.4, 0.5) is 8.78 Å². The average molecular weight is 394 g/mol. The lowest BCUT2D eigenvalue weighted by atomic mass is 9.99. The highest BCUT2D eigenvalue weighted by molar-refractivity contribution is 5.86. The zero-order valence-corrected chi connectivity index (χ0v) is 15.9. The Morgan fingerprint density at radius 3 is 2.44 bits per heavy atom. The molecule has 0 aromatic heterocycles. The summed E-state index contributed by atoms with van der Waals surface area (Å²) < 4.78 is 34.4. The van der Waals surface area contributed by atoms with Crippen LogP contribution in [-0.4, -0.2) is 13.7 Å². The molecule has 3 nitrogen and oxygen atoms in total. The number of nitrogens with one attached hydrogen (secondary N) is 1. The Bertz CT molecular complexity index is 884. The van der Waals surface area contributed by atoms with Crippen LogP contribution < -0.4 is 14.8 Å². The molecule has 0 bridgehead atoms. The third-order valence-corrected chi connectivity index (χ3v) is 4.35. The molecule has 0 aliphatic rings. The number of rotatable bonds is 7. The van der Waals surface area contributed by atoms with Gasteiger partial charge in [0.05, 0.1) is 7.11 Å². The first-order valence-corrected chi connectivity index (χ1v) is 8.41. The van der Waals surface area contributed by atoms with Gasteiger partial charge in [-0.15, -0.1) is 12.4 Å². The second-order valence-electron chi connectivity index (χ2n) is 6.03. The van der Waals surface area contributed by atoms with Gasteiger partial charge in [0.2, 0.25) is 0 Å². The Labute approximate surface area is 163 Å². The van der Waals surface area contributed by atoms with Crippen molar-refractivity contribution in [2.45, 2.75) is 26.1 Å². The van der Waals surface area contributed by atoms with E-state index in [2.05, 4.69) is 47.3 Å². The van der Waals surface area contributed by atoms with E-state index in [1.807, 2.05) is 12.1 Å². The zero-order chi connectivity index (χ0) is 18.5. The fraction of sp³-hybridized carbons (Fsp3) is 0.238. The summed E-state index contributed by atoms with van der Waals surface area (Å²) in [6.07, 6.45) is 0. The molecule has 0 saturated carbocycles. The van der Waals surface area contributed by atoms with Crippen molar-refractivity contribution in [1.29, 1.82) is 0 Å². The van der Waals surface area contributed by atoms with Crippen molar-refractivity contribution < 1.29 is 18.3 Å². The van der Waals surface area contributed by atoms with E-state index in [-0.39, 0.29) is 24.2 Å². The van der Waals surface area contributed by atoms with Gasteiger partial charge in [0.15, 0.2) is 11.5 Å². The Balaban J connectivity index is 0.00000261. The van der Waals surface area contributed by atoms with Gasteiger partial charge in [-0.2, -0.15) is 8.78 Å². The Kier molecular flexibility index (Phi) is 7.39. The number of halogens is 3. The van der Waals surface area contributed by atoms with Gasteiger partial charge in [0, 0.05) is 12.6 Å². The quantitative estimate of drug-likeness (QED) is 0.556. The van der Waals surface area contributed by atoms with E-state index < -0.39 is 6.61 Å². The molecular formula is C21H22ClF2NO2. The molecule has 27 heavy (non-hydrogen) atoms. The summed E-state index contributed by atoms with van der Waals surface area (Å²) in [6, 6.07) is 19.6. The molecule has 3 aromatic carbocycles. The lowest BCUT2D eigenvalue weighted by molar-refractivity contribution is -0.0512. The maximum absolute atomic E-state index is 12.4. The Morgan fingerprint density at radius 1 is 0.963 bits per heavy atom. The summed E-state index contributed by atoms with van der Waals surface area (Å²) >= 11 is 0. The van der Waals surface area contributed by atoms with Crippen molar-refractivity contribution in [2.24, 2.45) is 0 Å². The number of ether oxygens (including phenoxy) is 2. The minimum atomic E-state index is -2.88. The molecule has 1 atom stereocenters. The van der Waals surface area contributed by atoms with Gasteiger partial charge >= 0.3 is 6.61 Å². The molecular weight excluding hydrogens is 372 g/mol. The molecule has 0 spiro atoms. The van der Waals surface area contributed by atoms with Gasteiger partial charge in [0.1, 0.15) is 0 Å². The van der Waals surface area contributed by atoms with E-state index >= 15 is 0 Å². The van der Waals surface area contributed by atoms with Crippen LogP contribution in [0.5, 0.6) is 11.5 Å². The standard InChI is InChI=1S/C21H21F2NO2.ClH/c1-14(17-9-5-7-16-6-3-4-8-18(16)17)24-13-15-10-11-19(26-21(22)23)20(12-15)25-2;/h3-12,14,21,24H,13H2,1-2H3;1H. The Morgan fingerprint density at radius 2 is 1.70 bits per heavy atom. The van der Waals surface area contributed by atoms with Gasteiger partial charge < -0.3 is 14.8 Å². The topological polar surface area (TPSA) is 30.5 Å². The van der Waals surface area contributed by atoms with Crippen LogP contribution in [-0.2, 0) is 6.54 Å². The molecule has 0 amide bonds. The minimum absolute atomic E-state index is 0. The maximum atomic E-state index is 12.4. The number of hydrogen-bond acceptors (Lipinski definition) is 3. The summed E-state index contributed by atoms with van der Waals surface area (Å²) in [5, 5.41) is 5.89. The fourth-order valence-corrected chi connectivity index (χ4v) is 3.02. The first-order valence-electron chi connectivity index (χ1n) is 8.41. The predicted octanol–water partition coefficient (Wildman–Crippen LogP) is 5.72. The van der Waals surface area contributed by atoms with E-state index in [1.54, 1.807) is 12.1 Å². The van der Waals surface area contributed by atoms with Crippen LogP contribution in [0.1, 0.15) is 24.1 Å². The lowest BCUT2D eigenvalue weighted by Gasteiger charge is -2.17. The molecule has 3 rings (SSSR count). The van der Waals surface area contributed by atoms with Crippen molar-refractivity contribution in [3.8, 4) is 11.5 Å². The van der Waals surface area contributed by atoms with E-state index in [4.69, 9.17) is 4.74 Å². The second kappa shape index (κ2) is 9.53. The number of benzene rings is 3. The highest BCUT2D eigenvalue weighted by Gasteiger charge is 2.12. The summed E-state index contributed by atoms with van der Waals surface area (Å²) in [6.45, 7) is -0.192. The first-order chi connectivity index (χ1) is 12.6. The number of hydrogen-bond donors (Lipinski definition) is 1. The zero-order valence-electron chi connectivity index (χ0n) is 15.1. The molecule has 0 heterocycles. The lowest BCUT2D eigenvalue weighted by Crippen LogP contribution is -2.18. The molecule has 144 valence electrons. The monoisotopic (exact) mass is 393 g/mol. The van der Waals surface area contributed by atoms with Gasteiger partial charge in [0.25, 0.3) is 0 Å². The van der Waals surface area contributed by atoms with Crippen molar-refractivity contribution in [3.63, 3.8) is 0 Å². The Hall–Kier alpha value is -2.37. The SMILES string of the molecule is COc1cc(CNC(C)c2cccc3ccccc23)ccc1OC(F)F.Cl. The fourth-order valence-electron chi connectivity index (χ4n) is 3.02. The normalized spacial score (nSPS) is 11.9. The maximum Gasteiger partial charge on any atom is 0.387 e. The molecule has 6 heteroatoms.